The molecule has 0 spiro atoms. The maximum Gasteiger partial charge on any atom is 0.407 e. The van der Waals surface area contributed by atoms with Crippen molar-refractivity contribution in [2.45, 2.75) is 57.7 Å². The van der Waals surface area contributed by atoms with Crippen molar-refractivity contribution in [1.29, 1.82) is 0 Å². The van der Waals surface area contributed by atoms with Gasteiger partial charge in [-0.25, -0.2) is 4.79 Å². The van der Waals surface area contributed by atoms with Crippen LogP contribution in [0.15, 0.2) is 0 Å². The Hall–Kier alpha value is -0.850. The molecule has 1 amide bonds. The Bertz CT molecular complexity index is 317. The highest BCUT2D eigenvalue weighted by atomic mass is 16.5. The van der Waals surface area contributed by atoms with E-state index in [2.05, 4.69) is 31.0 Å². The Labute approximate surface area is 127 Å². The molecule has 0 aromatic carbocycles. The van der Waals surface area contributed by atoms with Crippen LogP contribution in [-0.2, 0) is 9.47 Å². The molecule has 2 unspecified atom stereocenters. The highest BCUT2D eigenvalue weighted by Gasteiger charge is 2.38. The molecule has 0 bridgehead atoms. The number of aliphatic hydroxyl groups is 1. The van der Waals surface area contributed by atoms with Crippen LogP contribution in [0.2, 0.25) is 0 Å². The maximum atomic E-state index is 11.6. The van der Waals surface area contributed by atoms with Gasteiger partial charge in [-0.05, 0) is 40.0 Å². The average molecular weight is 302 g/mol. The Balaban J connectivity index is 2.36. The first kappa shape index (κ1) is 18.2. The van der Waals surface area contributed by atoms with Gasteiger partial charge in [0.1, 0.15) is 6.61 Å². The van der Waals surface area contributed by atoms with Gasteiger partial charge in [-0.1, -0.05) is 0 Å². The van der Waals surface area contributed by atoms with Crippen LogP contribution in [0.25, 0.3) is 0 Å². The lowest BCUT2D eigenvalue weighted by molar-refractivity contribution is 0.0573. The van der Waals surface area contributed by atoms with Gasteiger partial charge >= 0.3 is 6.09 Å². The van der Waals surface area contributed by atoms with E-state index in [9.17, 15) is 4.79 Å². The number of alkyl carbamates (subject to hydrolysis) is 1. The highest BCUT2D eigenvalue weighted by molar-refractivity contribution is 5.67. The normalized spacial score (nSPS) is 23.3. The molecule has 0 aromatic heterocycles. The van der Waals surface area contributed by atoms with Gasteiger partial charge in [0, 0.05) is 38.4 Å². The molecule has 1 fully saturated rings. The molecule has 0 aliphatic carbocycles. The summed E-state index contributed by atoms with van der Waals surface area (Å²) in [4.78, 5) is 14.0. The minimum atomic E-state index is -0.386. The van der Waals surface area contributed by atoms with E-state index in [0.717, 1.165) is 19.4 Å². The number of methoxy groups -OCH3 is 1. The minimum absolute atomic E-state index is 0.0267. The fraction of sp³-hybridized carbons (Fsp3) is 0.933. The minimum Gasteiger partial charge on any atom is -0.448 e. The molecule has 6 heteroatoms. The van der Waals surface area contributed by atoms with E-state index in [1.807, 2.05) is 0 Å². The predicted molar refractivity (Wildman–Crippen MR) is 81.3 cm³/mol. The summed E-state index contributed by atoms with van der Waals surface area (Å²) in [5, 5.41) is 11.4. The summed E-state index contributed by atoms with van der Waals surface area (Å²) in [6.45, 7) is 8.41. The molecule has 1 aliphatic heterocycles. The standard InChI is InChI=1S/C15H30N2O4/c1-15(2,3)17-10-13(20-4)9-12(17)11-21-14(19)16-7-5-6-8-18/h12-13,18H,5-11H2,1-4H3,(H,16,19). The van der Waals surface area contributed by atoms with E-state index in [0.29, 0.717) is 19.6 Å². The fourth-order valence-electron chi connectivity index (χ4n) is 2.67. The highest BCUT2D eigenvalue weighted by Crippen LogP contribution is 2.28. The van der Waals surface area contributed by atoms with E-state index >= 15 is 0 Å². The second-order valence-electron chi connectivity index (χ2n) is 6.53. The van der Waals surface area contributed by atoms with Gasteiger partial charge in [0.25, 0.3) is 0 Å². The number of nitrogens with zero attached hydrogens (tertiary/aromatic N) is 1. The molecule has 0 aromatic rings. The van der Waals surface area contributed by atoms with E-state index in [4.69, 9.17) is 14.6 Å². The molecule has 2 atom stereocenters. The fourth-order valence-corrected chi connectivity index (χ4v) is 2.67. The van der Waals surface area contributed by atoms with E-state index in [-0.39, 0.29) is 30.4 Å². The number of unbranched alkanes of at least 4 members (excludes halogenated alkanes) is 1. The van der Waals surface area contributed by atoms with Crippen LogP contribution in [0.3, 0.4) is 0 Å². The molecule has 2 N–H and O–H groups in total. The topological polar surface area (TPSA) is 71.0 Å². The quantitative estimate of drug-likeness (QED) is 0.695. The summed E-state index contributed by atoms with van der Waals surface area (Å²) >= 11 is 0. The summed E-state index contributed by atoms with van der Waals surface area (Å²) in [5.74, 6) is 0. The summed E-state index contributed by atoms with van der Waals surface area (Å²) in [5.41, 5.74) is 0.0267. The first-order chi connectivity index (χ1) is 9.88. The van der Waals surface area contributed by atoms with Crippen molar-refractivity contribution in [2.75, 3.05) is 33.4 Å². The van der Waals surface area contributed by atoms with Crippen molar-refractivity contribution >= 4 is 6.09 Å². The van der Waals surface area contributed by atoms with Gasteiger partial charge in [0.05, 0.1) is 6.10 Å². The molecule has 1 rings (SSSR count). The number of rotatable bonds is 7. The Kier molecular flexibility index (Phi) is 7.42. The number of amides is 1. The third kappa shape index (κ3) is 6.20. The van der Waals surface area contributed by atoms with Gasteiger partial charge in [-0.15, -0.1) is 0 Å². The van der Waals surface area contributed by atoms with Crippen molar-refractivity contribution < 1.29 is 19.4 Å². The predicted octanol–water partition coefficient (Wildman–Crippen LogP) is 1.37. The van der Waals surface area contributed by atoms with E-state index < -0.39 is 0 Å². The molecule has 124 valence electrons. The van der Waals surface area contributed by atoms with Crippen molar-refractivity contribution in [2.24, 2.45) is 0 Å². The average Bonchev–Trinajstić information content (AvgIpc) is 2.85. The Morgan fingerprint density at radius 3 is 2.67 bits per heavy atom. The zero-order valence-corrected chi connectivity index (χ0v) is 13.7. The monoisotopic (exact) mass is 302 g/mol. The number of carbonyl (C=O) groups is 1. The number of hydrogen-bond donors (Lipinski definition) is 2. The van der Waals surface area contributed by atoms with Crippen molar-refractivity contribution in [3.8, 4) is 0 Å². The molecule has 21 heavy (non-hydrogen) atoms. The number of aliphatic hydroxyl groups excluding tert-OH is 1. The molecule has 1 heterocycles. The van der Waals surface area contributed by atoms with Crippen molar-refractivity contribution in [3.05, 3.63) is 0 Å². The van der Waals surface area contributed by atoms with Crippen molar-refractivity contribution in [3.63, 3.8) is 0 Å². The summed E-state index contributed by atoms with van der Waals surface area (Å²) < 4.78 is 10.8. The number of carbonyl (C=O) groups excluding carboxylic acids is 1. The molecule has 6 nitrogen and oxygen atoms in total. The summed E-state index contributed by atoms with van der Waals surface area (Å²) in [6, 6.07) is 0.193. The third-order valence-electron chi connectivity index (χ3n) is 3.83. The van der Waals surface area contributed by atoms with Crippen LogP contribution in [-0.4, -0.2) is 67.2 Å². The largest absolute Gasteiger partial charge is 0.448 e. The zero-order valence-electron chi connectivity index (χ0n) is 13.7. The zero-order chi connectivity index (χ0) is 15.9. The SMILES string of the molecule is COC1CC(COC(=O)NCCCCO)N(C(C)(C)C)C1. The van der Waals surface area contributed by atoms with Gasteiger partial charge < -0.3 is 19.9 Å². The molecule has 0 radical (unpaired) electrons. The van der Waals surface area contributed by atoms with E-state index in [1.165, 1.54) is 0 Å². The lowest BCUT2D eigenvalue weighted by Gasteiger charge is -2.36. The smallest absolute Gasteiger partial charge is 0.407 e. The van der Waals surface area contributed by atoms with Crippen LogP contribution >= 0.6 is 0 Å². The number of hydrogen-bond acceptors (Lipinski definition) is 5. The molecular formula is C15H30N2O4. The van der Waals surface area contributed by atoms with Crippen LogP contribution in [0.5, 0.6) is 0 Å². The maximum absolute atomic E-state index is 11.6. The van der Waals surface area contributed by atoms with Gasteiger partial charge in [-0.3, -0.25) is 4.90 Å². The second kappa shape index (κ2) is 8.56. The van der Waals surface area contributed by atoms with Crippen LogP contribution in [0.4, 0.5) is 4.79 Å². The lowest BCUT2D eigenvalue weighted by atomic mass is 10.1. The first-order valence-electron chi connectivity index (χ1n) is 7.69. The molecule has 1 saturated heterocycles. The summed E-state index contributed by atoms with van der Waals surface area (Å²) in [7, 11) is 1.72. The molecule has 0 saturated carbocycles. The Morgan fingerprint density at radius 1 is 1.38 bits per heavy atom. The van der Waals surface area contributed by atoms with E-state index in [1.54, 1.807) is 7.11 Å². The third-order valence-corrected chi connectivity index (χ3v) is 3.83. The van der Waals surface area contributed by atoms with Crippen LogP contribution in [0.1, 0.15) is 40.0 Å². The van der Waals surface area contributed by atoms with Crippen LogP contribution in [0, 0.1) is 0 Å². The summed E-state index contributed by atoms with van der Waals surface area (Å²) in [6.07, 6.45) is 2.14. The lowest BCUT2D eigenvalue weighted by Crippen LogP contribution is -2.47. The number of nitrogens with one attached hydrogen (secondary N) is 1. The van der Waals surface area contributed by atoms with Gasteiger partial charge in [0.15, 0.2) is 0 Å². The first-order valence-corrected chi connectivity index (χ1v) is 7.69. The Morgan fingerprint density at radius 2 is 2.10 bits per heavy atom. The van der Waals surface area contributed by atoms with Gasteiger partial charge in [-0.2, -0.15) is 0 Å². The number of likely N-dealkylation sites (tertiary alicyclic amines) is 1. The van der Waals surface area contributed by atoms with Crippen LogP contribution < -0.4 is 5.32 Å². The second-order valence-corrected chi connectivity index (χ2v) is 6.53. The molecule has 1 aliphatic rings. The van der Waals surface area contributed by atoms with Gasteiger partial charge in [0.2, 0.25) is 0 Å². The molecular weight excluding hydrogens is 272 g/mol. The van der Waals surface area contributed by atoms with Crippen molar-refractivity contribution in [1.82, 2.24) is 10.2 Å². The number of ether oxygens (including phenoxy) is 2.